The second kappa shape index (κ2) is 11.6. The summed E-state index contributed by atoms with van der Waals surface area (Å²) in [6.45, 7) is 1.12. The minimum atomic E-state index is -0.397. The molecule has 4 N–H and O–H groups in total. The molecule has 0 aliphatic carbocycles. The maximum Gasteiger partial charge on any atom is 0.410 e. The molecule has 0 spiro atoms. The fraction of sp³-hybridized carbons (Fsp3) is 0.474. The molecule has 29 heavy (non-hydrogen) atoms. The third-order valence-corrected chi connectivity index (χ3v) is 5.01. The average Bonchev–Trinajstić information content (AvgIpc) is 2.69. The van der Waals surface area contributed by atoms with Crippen molar-refractivity contribution in [1.82, 2.24) is 10.2 Å². The number of amides is 2. The van der Waals surface area contributed by atoms with Crippen LogP contribution in [0, 0.1) is 5.53 Å². The Labute approximate surface area is 179 Å². The minimum Gasteiger partial charge on any atom is -0.445 e. The fourth-order valence-electron chi connectivity index (χ4n) is 3.04. The van der Waals surface area contributed by atoms with Crippen molar-refractivity contribution in [2.45, 2.75) is 44.8 Å². The Hall–Kier alpha value is -2.32. The third kappa shape index (κ3) is 7.91. The number of nitrogens with one attached hydrogen (secondary N) is 2. The SMILES string of the molecule is N=N/C(=C\N)CCCC(=O)NC1CCN(C(=O)OCc2cc(Cl)cc(Cl)c2)CC1. The summed E-state index contributed by atoms with van der Waals surface area (Å²) in [5, 5.41) is 7.24. The molecule has 1 saturated heterocycles. The first-order valence-electron chi connectivity index (χ1n) is 9.35. The zero-order chi connectivity index (χ0) is 21.2. The molecule has 1 aliphatic heterocycles. The van der Waals surface area contributed by atoms with Crippen molar-refractivity contribution in [3.05, 3.63) is 45.7 Å². The molecule has 1 aliphatic rings. The highest BCUT2D eigenvalue weighted by Gasteiger charge is 2.24. The lowest BCUT2D eigenvalue weighted by Crippen LogP contribution is -2.46. The van der Waals surface area contributed by atoms with E-state index >= 15 is 0 Å². The number of carbonyl (C=O) groups excluding carboxylic acids is 2. The molecule has 0 radical (unpaired) electrons. The number of hydrogen-bond donors (Lipinski definition) is 3. The van der Waals surface area contributed by atoms with Gasteiger partial charge in [0.05, 0.1) is 5.70 Å². The van der Waals surface area contributed by atoms with Gasteiger partial charge in [-0.2, -0.15) is 5.11 Å². The van der Waals surface area contributed by atoms with E-state index < -0.39 is 6.09 Å². The Kier molecular flexibility index (Phi) is 9.21. The van der Waals surface area contributed by atoms with E-state index in [2.05, 4.69) is 10.4 Å². The highest BCUT2D eigenvalue weighted by Crippen LogP contribution is 2.20. The molecule has 0 saturated carbocycles. The van der Waals surface area contributed by atoms with E-state index in [0.29, 0.717) is 60.9 Å². The highest BCUT2D eigenvalue weighted by molar-refractivity contribution is 6.34. The number of nitrogens with two attached hydrogens (primary N) is 1. The number of hydrogen-bond acceptors (Lipinski definition) is 6. The number of ether oxygens (including phenoxy) is 1. The normalized spacial score (nSPS) is 15.1. The van der Waals surface area contributed by atoms with Gasteiger partial charge in [-0.3, -0.25) is 4.79 Å². The van der Waals surface area contributed by atoms with Gasteiger partial charge in [-0.05, 0) is 49.4 Å². The Morgan fingerprint density at radius 3 is 2.48 bits per heavy atom. The lowest BCUT2D eigenvalue weighted by molar-refractivity contribution is -0.122. The van der Waals surface area contributed by atoms with Crippen LogP contribution in [0.5, 0.6) is 0 Å². The molecule has 0 bridgehead atoms. The van der Waals surface area contributed by atoms with Gasteiger partial charge in [0.15, 0.2) is 0 Å². The summed E-state index contributed by atoms with van der Waals surface area (Å²) < 4.78 is 5.33. The van der Waals surface area contributed by atoms with Gasteiger partial charge < -0.3 is 20.7 Å². The summed E-state index contributed by atoms with van der Waals surface area (Å²) in [4.78, 5) is 25.9. The van der Waals surface area contributed by atoms with E-state index in [1.165, 1.54) is 6.20 Å². The Bertz CT molecular complexity index is 744. The van der Waals surface area contributed by atoms with Gasteiger partial charge in [0, 0.05) is 41.8 Å². The van der Waals surface area contributed by atoms with Gasteiger partial charge in [0.25, 0.3) is 0 Å². The van der Waals surface area contributed by atoms with Crippen molar-refractivity contribution in [1.29, 1.82) is 5.53 Å². The van der Waals surface area contributed by atoms with Crippen LogP contribution in [0.15, 0.2) is 35.2 Å². The maximum absolute atomic E-state index is 12.2. The van der Waals surface area contributed by atoms with Crippen LogP contribution in [0.1, 0.15) is 37.7 Å². The van der Waals surface area contributed by atoms with Gasteiger partial charge in [-0.1, -0.05) is 23.2 Å². The standard InChI is InChI=1S/C19H25Cl2N5O3/c20-14-8-13(9-15(21)10-14)12-29-19(28)26-6-4-16(5-7-26)24-18(27)3-1-2-17(11-22)25-23/h8-11,16,23H,1-7,12,22H2,(H,24,27)/b17-11-,25-23?. The van der Waals surface area contributed by atoms with Crippen molar-refractivity contribution in [3.8, 4) is 0 Å². The third-order valence-electron chi connectivity index (χ3n) is 4.58. The van der Waals surface area contributed by atoms with Crippen molar-refractivity contribution in [3.63, 3.8) is 0 Å². The summed E-state index contributed by atoms with van der Waals surface area (Å²) in [5.41, 5.74) is 13.4. The Balaban J connectivity index is 1.68. The average molecular weight is 442 g/mol. The fourth-order valence-corrected chi connectivity index (χ4v) is 3.61. The molecule has 8 nitrogen and oxygen atoms in total. The van der Waals surface area contributed by atoms with Crippen LogP contribution >= 0.6 is 23.2 Å². The first kappa shape index (κ1) is 23.0. The minimum absolute atomic E-state index is 0.0312. The lowest BCUT2D eigenvalue weighted by atomic mass is 10.0. The molecule has 1 fully saturated rings. The van der Waals surface area contributed by atoms with E-state index in [9.17, 15) is 9.59 Å². The van der Waals surface area contributed by atoms with Crippen LogP contribution in [0.2, 0.25) is 10.0 Å². The molecule has 0 unspecified atom stereocenters. The molecule has 0 atom stereocenters. The number of allylic oxidation sites excluding steroid dienone is 1. The van der Waals surface area contributed by atoms with Crippen molar-refractivity contribution < 1.29 is 14.3 Å². The predicted octanol–water partition coefficient (Wildman–Crippen LogP) is 4.21. The molecule has 1 heterocycles. The van der Waals surface area contributed by atoms with Crippen LogP contribution in [0.25, 0.3) is 0 Å². The molecule has 158 valence electrons. The van der Waals surface area contributed by atoms with Gasteiger partial charge in [0.1, 0.15) is 6.61 Å². The second-order valence-corrected chi connectivity index (χ2v) is 7.66. The molecule has 2 rings (SSSR count). The zero-order valence-corrected chi connectivity index (χ0v) is 17.5. The quantitative estimate of drug-likeness (QED) is 0.522. The summed E-state index contributed by atoms with van der Waals surface area (Å²) in [6.07, 6.45) is 3.63. The number of benzene rings is 1. The summed E-state index contributed by atoms with van der Waals surface area (Å²) >= 11 is 11.9. The zero-order valence-electron chi connectivity index (χ0n) is 16.0. The smallest absolute Gasteiger partial charge is 0.410 e. The number of carbonyl (C=O) groups is 2. The Morgan fingerprint density at radius 2 is 1.90 bits per heavy atom. The molecule has 1 aromatic rings. The molecule has 10 heteroatoms. The summed E-state index contributed by atoms with van der Waals surface area (Å²) in [5.74, 6) is -0.0507. The molecule has 1 aromatic carbocycles. The second-order valence-electron chi connectivity index (χ2n) is 6.78. The van der Waals surface area contributed by atoms with Crippen LogP contribution < -0.4 is 11.1 Å². The van der Waals surface area contributed by atoms with Gasteiger partial charge in [-0.15, -0.1) is 0 Å². The van der Waals surface area contributed by atoms with Crippen LogP contribution in [0.3, 0.4) is 0 Å². The molecule has 2 amide bonds. The summed E-state index contributed by atoms with van der Waals surface area (Å²) in [7, 11) is 0. The van der Waals surface area contributed by atoms with E-state index in [4.69, 9.17) is 39.2 Å². The lowest BCUT2D eigenvalue weighted by Gasteiger charge is -2.31. The van der Waals surface area contributed by atoms with Crippen LogP contribution in [-0.4, -0.2) is 36.0 Å². The number of halogens is 2. The topological polar surface area (TPSA) is 121 Å². The van der Waals surface area contributed by atoms with E-state index in [1.807, 2.05) is 0 Å². The maximum atomic E-state index is 12.2. The highest BCUT2D eigenvalue weighted by atomic mass is 35.5. The molecular weight excluding hydrogens is 417 g/mol. The molecular formula is C19H25Cl2N5O3. The van der Waals surface area contributed by atoms with Gasteiger partial charge in [-0.25, -0.2) is 10.3 Å². The van der Waals surface area contributed by atoms with Crippen LogP contribution in [-0.2, 0) is 16.1 Å². The van der Waals surface area contributed by atoms with Crippen molar-refractivity contribution in [2.75, 3.05) is 13.1 Å². The van der Waals surface area contributed by atoms with Crippen LogP contribution in [0.4, 0.5) is 4.79 Å². The first-order chi connectivity index (χ1) is 13.9. The van der Waals surface area contributed by atoms with E-state index in [-0.39, 0.29) is 18.6 Å². The van der Waals surface area contributed by atoms with E-state index in [1.54, 1.807) is 23.1 Å². The monoisotopic (exact) mass is 441 g/mol. The van der Waals surface area contributed by atoms with Gasteiger partial charge in [0.2, 0.25) is 5.91 Å². The number of rotatable bonds is 8. The number of nitrogens with zero attached hydrogens (tertiary/aromatic N) is 2. The van der Waals surface area contributed by atoms with Crippen molar-refractivity contribution in [2.24, 2.45) is 10.8 Å². The first-order valence-corrected chi connectivity index (χ1v) is 10.1. The Morgan fingerprint density at radius 1 is 1.24 bits per heavy atom. The number of likely N-dealkylation sites (tertiary alicyclic amines) is 1. The number of piperidine rings is 1. The molecule has 0 aromatic heterocycles. The predicted molar refractivity (Wildman–Crippen MR) is 111 cm³/mol. The largest absolute Gasteiger partial charge is 0.445 e. The summed E-state index contributed by atoms with van der Waals surface area (Å²) in [6, 6.07) is 5.05. The van der Waals surface area contributed by atoms with Gasteiger partial charge >= 0.3 is 6.09 Å². The van der Waals surface area contributed by atoms with E-state index in [0.717, 1.165) is 5.56 Å². The van der Waals surface area contributed by atoms with Crippen molar-refractivity contribution >= 4 is 35.2 Å².